The van der Waals surface area contributed by atoms with Gasteiger partial charge >= 0.3 is 42.2 Å². The van der Waals surface area contributed by atoms with E-state index in [1.165, 1.54) is 24.3 Å². The maximum atomic E-state index is 11.0. The number of hydrogen-bond acceptors (Lipinski definition) is 12. The minimum absolute atomic E-state index is 0.0208. The summed E-state index contributed by atoms with van der Waals surface area (Å²) in [5.41, 5.74) is 36.0. The Balaban J connectivity index is -0.000000264. The molecule has 0 aromatic heterocycles. The number of carbonyl (C=O) groups excluding carboxylic acids is 4. The number of unbranched alkanes of at least 4 members (excludes halogenated alkanes) is 2. The number of amides is 4. The molecule has 2 unspecified atom stereocenters. The summed E-state index contributed by atoms with van der Waals surface area (Å²) >= 11 is 0. The third kappa shape index (κ3) is 37.1. The largest absolute Gasteiger partial charge is 0.490 e. The van der Waals surface area contributed by atoms with Gasteiger partial charge in [-0.2, -0.15) is 13.2 Å². The first-order chi connectivity index (χ1) is 22.4. The predicted octanol–water partition coefficient (Wildman–Crippen LogP) is 0.0295. The number of anilines is 1. The average Bonchev–Trinajstić information content (AvgIpc) is 2.97. The van der Waals surface area contributed by atoms with Gasteiger partial charge in [0.1, 0.15) is 12.1 Å². The summed E-state index contributed by atoms with van der Waals surface area (Å²) in [6.07, 6.45) is -1.98. The molecule has 0 heterocycles. The third-order valence-corrected chi connectivity index (χ3v) is 5.02. The summed E-state index contributed by atoms with van der Waals surface area (Å²) in [6, 6.07) is 3.75. The van der Waals surface area contributed by atoms with Crippen molar-refractivity contribution < 1.29 is 66.8 Å². The normalized spacial score (nSPS) is 11.0. The van der Waals surface area contributed by atoms with Crippen LogP contribution in [0.1, 0.15) is 62.7 Å². The molecule has 0 aliphatic carbocycles. The molecule has 0 aliphatic rings. The molecule has 49 heavy (non-hydrogen) atoms. The molecule has 0 saturated carbocycles. The Hall–Kier alpha value is -5.22. The molecular formula is C27H47F3N8O11. The zero-order chi connectivity index (χ0) is 39.3. The number of urea groups is 1. The molecule has 282 valence electrons. The summed E-state index contributed by atoms with van der Waals surface area (Å²) in [5, 5.41) is 26.0. The topological polar surface area (TPSA) is 384 Å². The van der Waals surface area contributed by atoms with Gasteiger partial charge in [0.25, 0.3) is 0 Å². The number of aliphatic carboxylic acids is 3. The maximum absolute atomic E-state index is 11.0. The molecule has 1 rings (SSSR count). The van der Waals surface area contributed by atoms with E-state index in [-0.39, 0.29) is 17.4 Å². The van der Waals surface area contributed by atoms with Crippen LogP contribution in [-0.2, 0) is 23.9 Å². The van der Waals surface area contributed by atoms with Crippen molar-refractivity contribution in [3.8, 4) is 0 Å². The lowest BCUT2D eigenvalue weighted by Crippen LogP contribution is -2.34. The Kier molecular flexibility index (Phi) is 29.9. The van der Waals surface area contributed by atoms with Gasteiger partial charge in [-0.3, -0.25) is 14.4 Å². The Morgan fingerprint density at radius 2 is 1.33 bits per heavy atom. The molecule has 0 spiro atoms. The summed E-state index contributed by atoms with van der Waals surface area (Å²) < 4.78 is 35.9. The number of nitrogens with two attached hydrogens (primary N) is 7. The first kappa shape index (κ1) is 50.6. The number of carboxylic acids is 3. The van der Waals surface area contributed by atoms with Crippen LogP contribution in [0, 0.1) is 5.92 Å². The molecule has 0 bridgehead atoms. The molecule has 2 atom stereocenters. The fourth-order valence-corrected chi connectivity index (χ4v) is 2.33. The highest BCUT2D eigenvalue weighted by atomic mass is 19.4. The zero-order valence-corrected chi connectivity index (χ0v) is 27.0. The second-order valence-electron chi connectivity index (χ2n) is 9.69. The van der Waals surface area contributed by atoms with Crippen LogP contribution in [0.2, 0.25) is 0 Å². The third-order valence-electron chi connectivity index (χ3n) is 5.02. The van der Waals surface area contributed by atoms with E-state index >= 15 is 0 Å². The van der Waals surface area contributed by atoms with E-state index in [0.29, 0.717) is 38.0 Å². The Morgan fingerprint density at radius 1 is 0.837 bits per heavy atom. The van der Waals surface area contributed by atoms with E-state index in [2.05, 4.69) is 15.8 Å². The molecule has 1 aromatic rings. The van der Waals surface area contributed by atoms with E-state index in [1.54, 1.807) is 13.8 Å². The zero-order valence-electron chi connectivity index (χ0n) is 27.0. The van der Waals surface area contributed by atoms with Gasteiger partial charge in [-0.15, -0.1) is 0 Å². The summed E-state index contributed by atoms with van der Waals surface area (Å²) in [6.45, 7) is 4.62. The molecule has 0 fully saturated rings. The van der Waals surface area contributed by atoms with E-state index in [0.717, 1.165) is 19.3 Å². The van der Waals surface area contributed by atoms with E-state index in [1.807, 2.05) is 0 Å². The van der Waals surface area contributed by atoms with Crippen molar-refractivity contribution in [3.63, 3.8) is 0 Å². The van der Waals surface area contributed by atoms with Crippen molar-refractivity contribution in [2.75, 3.05) is 18.8 Å². The number of alkyl halides is 3. The van der Waals surface area contributed by atoms with Gasteiger partial charge in [-0.1, -0.05) is 20.3 Å². The Bertz CT molecular complexity index is 1160. The van der Waals surface area contributed by atoms with Crippen LogP contribution in [0.5, 0.6) is 0 Å². The molecule has 19 nitrogen and oxygen atoms in total. The van der Waals surface area contributed by atoms with Crippen LogP contribution in [0.4, 0.5) is 28.4 Å². The van der Waals surface area contributed by atoms with Gasteiger partial charge in [0.05, 0.1) is 5.56 Å². The monoisotopic (exact) mass is 716 g/mol. The van der Waals surface area contributed by atoms with Crippen molar-refractivity contribution in [1.29, 1.82) is 0 Å². The number of hydrogen-bond donors (Lipinski definition) is 11. The van der Waals surface area contributed by atoms with E-state index < -0.39 is 54.3 Å². The smallest absolute Gasteiger partial charge is 0.480 e. The van der Waals surface area contributed by atoms with E-state index in [9.17, 15) is 41.9 Å². The van der Waals surface area contributed by atoms with Crippen molar-refractivity contribution in [1.82, 2.24) is 5.32 Å². The van der Waals surface area contributed by atoms with Gasteiger partial charge < -0.3 is 65.5 Å². The van der Waals surface area contributed by atoms with Crippen LogP contribution in [-0.4, -0.2) is 88.6 Å². The molecule has 0 aliphatic heterocycles. The summed E-state index contributed by atoms with van der Waals surface area (Å²) in [4.78, 5) is 70.6. The van der Waals surface area contributed by atoms with Gasteiger partial charge in [0, 0.05) is 18.7 Å². The summed E-state index contributed by atoms with van der Waals surface area (Å²) in [5.74, 6) is -5.70. The average molecular weight is 717 g/mol. The van der Waals surface area contributed by atoms with Gasteiger partial charge in [0.2, 0.25) is 5.91 Å². The number of primary amides is 3. The molecule has 1 aromatic carbocycles. The molecule has 4 amide bonds. The van der Waals surface area contributed by atoms with Crippen molar-refractivity contribution in [2.45, 2.75) is 70.6 Å². The minimum atomic E-state index is -5.08. The SMILES string of the molecule is CC(C)C(N)C(=O)O.NC(=O)NCCCC(N)C(=O)O.NC(=O)OC(=O)c1ccc(N)cc1.NCCCCCC(N)=O.O=C(O)C(F)(F)F. The fourth-order valence-electron chi connectivity index (χ4n) is 2.33. The van der Waals surface area contributed by atoms with Crippen LogP contribution in [0.25, 0.3) is 0 Å². The number of ether oxygens (including phenoxy) is 1. The second kappa shape index (κ2) is 29.0. The fraction of sp³-hybridized carbons (Fsp3) is 0.519. The van der Waals surface area contributed by atoms with Crippen LogP contribution < -0.4 is 45.5 Å². The molecule has 0 radical (unpaired) electrons. The number of carboxylic acid groups (broad SMARTS) is 3. The second-order valence-corrected chi connectivity index (χ2v) is 9.69. The van der Waals surface area contributed by atoms with Crippen LogP contribution in [0.15, 0.2) is 24.3 Å². The number of rotatable bonds is 13. The van der Waals surface area contributed by atoms with Crippen molar-refractivity contribution in [2.24, 2.45) is 40.3 Å². The molecule has 22 heteroatoms. The van der Waals surface area contributed by atoms with Gasteiger partial charge in [-0.25, -0.2) is 19.2 Å². The van der Waals surface area contributed by atoms with Gasteiger partial charge in [-0.05, 0) is 62.4 Å². The highest BCUT2D eigenvalue weighted by molar-refractivity contribution is 5.96. The number of nitrogens with one attached hydrogen (secondary N) is 1. The maximum Gasteiger partial charge on any atom is 0.490 e. The van der Waals surface area contributed by atoms with Crippen LogP contribution in [0.3, 0.4) is 0 Å². The van der Waals surface area contributed by atoms with Crippen molar-refractivity contribution >= 4 is 47.6 Å². The number of carbonyl (C=O) groups is 7. The predicted molar refractivity (Wildman–Crippen MR) is 169 cm³/mol. The minimum Gasteiger partial charge on any atom is -0.480 e. The van der Waals surface area contributed by atoms with Gasteiger partial charge in [0.15, 0.2) is 0 Å². The lowest BCUT2D eigenvalue weighted by molar-refractivity contribution is -0.192. The van der Waals surface area contributed by atoms with Crippen molar-refractivity contribution in [3.05, 3.63) is 29.8 Å². The lowest BCUT2D eigenvalue weighted by atomic mass is 10.1. The lowest BCUT2D eigenvalue weighted by Gasteiger charge is -2.07. The molecular weight excluding hydrogens is 669 g/mol. The number of benzene rings is 1. The molecule has 0 saturated heterocycles. The number of esters is 1. The Morgan fingerprint density at radius 3 is 1.63 bits per heavy atom. The van der Waals surface area contributed by atoms with E-state index in [4.69, 9.17) is 54.5 Å². The highest BCUT2D eigenvalue weighted by Crippen LogP contribution is 2.13. The standard InChI is InChI=1S/C8H8N2O3.C6H13N3O3.C6H14N2O.C5H11NO2.C2HF3O2/c9-6-3-1-5(2-4-6)7(11)13-8(10)12;7-4(5(10)11)2-1-3-9-6(8)12;7-5-3-1-2-4-6(8)9;1-3(2)4(6)5(7)8;3-2(4,5)1(6)7/h1-4H,9H2,(H2,10,12);4H,1-3,7H2,(H,10,11)(H3,8,9,12);1-5,7H2,(H2,8,9);3-4H,6H2,1-2H3,(H,7,8);(H,6,7). The first-order valence-electron chi connectivity index (χ1n) is 14.1. The number of halogens is 3. The van der Waals surface area contributed by atoms with Crippen LogP contribution >= 0.6 is 0 Å². The Labute approximate surface area is 279 Å². The quantitative estimate of drug-likeness (QED) is 0.0555. The molecule has 18 N–H and O–H groups in total. The number of nitrogen functional groups attached to an aromatic ring is 1. The summed E-state index contributed by atoms with van der Waals surface area (Å²) in [7, 11) is 0. The highest BCUT2D eigenvalue weighted by Gasteiger charge is 2.38. The first-order valence-corrected chi connectivity index (χ1v) is 14.1.